The lowest BCUT2D eigenvalue weighted by Crippen LogP contribution is -2.10. The SMILES string of the molecule is CC(C)(C)c1ccc(-c2[nH]c3ccccc3c2CN)cc1. The number of nitrogens with one attached hydrogen (secondary N) is 1. The third-order valence-electron chi connectivity index (χ3n) is 4.06. The summed E-state index contributed by atoms with van der Waals surface area (Å²) in [6.45, 7) is 7.24. The molecule has 3 rings (SSSR count). The van der Waals surface area contributed by atoms with Gasteiger partial charge in [0.25, 0.3) is 0 Å². The number of H-pyrrole nitrogens is 1. The molecule has 0 aliphatic rings. The average molecular weight is 278 g/mol. The van der Waals surface area contributed by atoms with Gasteiger partial charge in [0, 0.05) is 17.4 Å². The van der Waals surface area contributed by atoms with Crippen molar-refractivity contribution in [2.24, 2.45) is 5.73 Å². The Morgan fingerprint density at radius 2 is 1.62 bits per heavy atom. The second-order valence-electron chi connectivity index (χ2n) is 6.56. The predicted octanol–water partition coefficient (Wildman–Crippen LogP) is 4.59. The molecular weight excluding hydrogens is 256 g/mol. The average Bonchev–Trinajstić information content (AvgIpc) is 2.85. The predicted molar refractivity (Wildman–Crippen MR) is 90.3 cm³/mol. The highest BCUT2D eigenvalue weighted by molar-refractivity contribution is 5.90. The van der Waals surface area contributed by atoms with Gasteiger partial charge in [0.1, 0.15) is 0 Å². The molecule has 21 heavy (non-hydrogen) atoms. The van der Waals surface area contributed by atoms with E-state index < -0.39 is 0 Å². The van der Waals surface area contributed by atoms with Crippen LogP contribution in [0, 0.1) is 0 Å². The van der Waals surface area contributed by atoms with Crippen LogP contribution >= 0.6 is 0 Å². The molecule has 0 unspecified atom stereocenters. The first kappa shape index (κ1) is 13.9. The van der Waals surface area contributed by atoms with Crippen LogP contribution in [0.5, 0.6) is 0 Å². The van der Waals surface area contributed by atoms with E-state index in [1.807, 2.05) is 6.07 Å². The number of aromatic nitrogens is 1. The topological polar surface area (TPSA) is 41.8 Å². The molecule has 1 heterocycles. The summed E-state index contributed by atoms with van der Waals surface area (Å²) < 4.78 is 0. The van der Waals surface area contributed by atoms with E-state index in [1.54, 1.807) is 0 Å². The lowest BCUT2D eigenvalue weighted by molar-refractivity contribution is 0.590. The molecule has 2 nitrogen and oxygen atoms in total. The van der Waals surface area contributed by atoms with Crippen molar-refractivity contribution in [3.63, 3.8) is 0 Å². The first-order chi connectivity index (χ1) is 10.0. The van der Waals surface area contributed by atoms with Crippen LogP contribution in [0.15, 0.2) is 48.5 Å². The standard InChI is InChI=1S/C19H22N2/c1-19(2,3)14-10-8-13(9-11-14)18-16(12-20)15-6-4-5-7-17(15)21-18/h4-11,21H,12,20H2,1-3H3. The molecule has 3 aromatic rings. The van der Waals surface area contributed by atoms with Gasteiger partial charge in [-0.15, -0.1) is 0 Å². The van der Waals surface area contributed by atoms with Crippen molar-refractivity contribution in [1.29, 1.82) is 0 Å². The highest BCUT2D eigenvalue weighted by atomic mass is 14.7. The quantitative estimate of drug-likeness (QED) is 0.707. The van der Waals surface area contributed by atoms with E-state index in [0.717, 1.165) is 11.2 Å². The summed E-state index contributed by atoms with van der Waals surface area (Å²) in [5, 5.41) is 1.22. The number of benzene rings is 2. The van der Waals surface area contributed by atoms with Crippen molar-refractivity contribution in [1.82, 2.24) is 4.98 Å². The fourth-order valence-corrected chi connectivity index (χ4v) is 2.80. The van der Waals surface area contributed by atoms with Gasteiger partial charge in [-0.2, -0.15) is 0 Å². The molecule has 0 fully saturated rings. The Morgan fingerprint density at radius 3 is 2.24 bits per heavy atom. The molecular formula is C19H22N2. The van der Waals surface area contributed by atoms with Gasteiger partial charge in [-0.05, 0) is 28.2 Å². The van der Waals surface area contributed by atoms with Crippen LogP contribution in [0.3, 0.4) is 0 Å². The summed E-state index contributed by atoms with van der Waals surface area (Å²) in [5.41, 5.74) is 12.2. The van der Waals surface area contributed by atoms with Gasteiger partial charge >= 0.3 is 0 Å². The van der Waals surface area contributed by atoms with E-state index in [9.17, 15) is 0 Å². The third-order valence-corrected chi connectivity index (χ3v) is 4.06. The Balaban J connectivity index is 2.12. The van der Waals surface area contributed by atoms with Crippen LogP contribution in [0.2, 0.25) is 0 Å². The minimum atomic E-state index is 0.176. The Hall–Kier alpha value is -2.06. The molecule has 0 saturated carbocycles. The summed E-state index contributed by atoms with van der Waals surface area (Å²) in [4.78, 5) is 3.51. The molecule has 0 aliphatic heterocycles. The van der Waals surface area contributed by atoms with E-state index in [1.165, 1.54) is 22.1 Å². The zero-order valence-corrected chi connectivity index (χ0v) is 12.9. The van der Waals surface area contributed by atoms with E-state index >= 15 is 0 Å². The second-order valence-corrected chi connectivity index (χ2v) is 6.56. The molecule has 0 radical (unpaired) electrons. The summed E-state index contributed by atoms with van der Waals surface area (Å²) in [6.07, 6.45) is 0. The monoisotopic (exact) mass is 278 g/mol. The largest absolute Gasteiger partial charge is 0.354 e. The first-order valence-electron chi connectivity index (χ1n) is 7.41. The number of hydrogen-bond donors (Lipinski definition) is 2. The van der Waals surface area contributed by atoms with Crippen molar-refractivity contribution >= 4 is 10.9 Å². The summed E-state index contributed by atoms with van der Waals surface area (Å²) in [6, 6.07) is 17.1. The van der Waals surface area contributed by atoms with Crippen LogP contribution in [-0.4, -0.2) is 4.98 Å². The number of aromatic amines is 1. The molecule has 0 aliphatic carbocycles. The van der Waals surface area contributed by atoms with E-state index in [-0.39, 0.29) is 5.41 Å². The van der Waals surface area contributed by atoms with Gasteiger partial charge in [-0.25, -0.2) is 0 Å². The molecule has 1 aromatic heterocycles. The molecule has 0 saturated heterocycles. The van der Waals surface area contributed by atoms with E-state index in [2.05, 4.69) is 68.2 Å². The van der Waals surface area contributed by atoms with Crippen molar-refractivity contribution in [3.8, 4) is 11.3 Å². The maximum absolute atomic E-state index is 5.98. The molecule has 0 spiro atoms. The number of para-hydroxylation sites is 1. The number of nitrogens with two attached hydrogens (primary N) is 1. The van der Waals surface area contributed by atoms with Crippen molar-refractivity contribution < 1.29 is 0 Å². The summed E-state index contributed by atoms with van der Waals surface area (Å²) in [7, 11) is 0. The lowest BCUT2D eigenvalue weighted by atomic mass is 9.86. The lowest BCUT2D eigenvalue weighted by Gasteiger charge is -2.19. The fourth-order valence-electron chi connectivity index (χ4n) is 2.80. The van der Waals surface area contributed by atoms with Gasteiger partial charge in [0.15, 0.2) is 0 Å². The van der Waals surface area contributed by atoms with Gasteiger partial charge < -0.3 is 10.7 Å². The molecule has 0 amide bonds. The molecule has 108 valence electrons. The summed E-state index contributed by atoms with van der Waals surface area (Å²) in [5.74, 6) is 0. The Morgan fingerprint density at radius 1 is 0.952 bits per heavy atom. The van der Waals surface area contributed by atoms with E-state index in [0.29, 0.717) is 6.54 Å². The Bertz CT molecular complexity index is 758. The van der Waals surface area contributed by atoms with Crippen LogP contribution in [-0.2, 0) is 12.0 Å². The van der Waals surface area contributed by atoms with Gasteiger partial charge in [0.05, 0.1) is 5.69 Å². The van der Waals surface area contributed by atoms with Crippen LogP contribution in [0.1, 0.15) is 31.9 Å². The fraction of sp³-hybridized carbons (Fsp3) is 0.263. The zero-order chi connectivity index (χ0) is 15.0. The number of fused-ring (bicyclic) bond motifs is 1. The van der Waals surface area contributed by atoms with Crippen molar-refractivity contribution in [2.45, 2.75) is 32.7 Å². The molecule has 2 heteroatoms. The Labute approximate surface area is 126 Å². The molecule has 0 atom stereocenters. The minimum absolute atomic E-state index is 0.176. The van der Waals surface area contributed by atoms with Crippen LogP contribution in [0.25, 0.3) is 22.2 Å². The van der Waals surface area contributed by atoms with Gasteiger partial charge in [-0.1, -0.05) is 63.2 Å². The minimum Gasteiger partial charge on any atom is -0.354 e. The van der Waals surface area contributed by atoms with Crippen LogP contribution < -0.4 is 5.73 Å². The molecule has 3 N–H and O–H groups in total. The molecule has 0 bridgehead atoms. The maximum atomic E-state index is 5.98. The maximum Gasteiger partial charge on any atom is 0.0510 e. The highest BCUT2D eigenvalue weighted by Gasteiger charge is 2.15. The highest BCUT2D eigenvalue weighted by Crippen LogP contribution is 2.31. The third kappa shape index (κ3) is 2.47. The Kier molecular flexibility index (Phi) is 3.34. The number of hydrogen-bond acceptors (Lipinski definition) is 1. The normalized spacial score (nSPS) is 12.0. The van der Waals surface area contributed by atoms with E-state index in [4.69, 9.17) is 5.73 Å². The smallest absolute Gasteiger partial charge is 0.0510 e. The van der Waals surface area contributed by atoms with Gasteiger partial charge in [-0.3, -0.25) is 0 Å². The van der Waals surface area contributed by atoms with Gasteiger partial charge in [0.2, 0.25) is 0 Å². The number of rotatable bonds is 2. The van der Waals surface area contributed by atoms with Crippen molar-refractivity contribution in [2.75, 3.05) is 0 Å². The first-order valence-corrected chi connectivity index (χ1v) is 7.41. The zero-order valence-electron chi connectivity index (χ0n) is 12.9. The second kappa shape index (κ2) is 5.05. The summed E-state index contributed by atoms with van der Waals surface area (Å²) >= 11 is 0. The van der Waals surface area contributed by atoms with Crippen molar-refractivity contribution in [3.05, 3.63) is 59.7 Å². The molecule has 2 aromatic carbocycles. The van der Waals surface area contributed by atoms with Crippen LogP contribution in [0.4, 0.5) is 0 Å².